The van der Waals surface area contributed by atoms with Gasteiger partial charge in [-0.05, 0) is 49.1 Å². The highest BCUT2D eigenvalue weighted by Gasteiger charge is 2.07. The van der Waals surface area contributed by atoms with Gasteiger partial charge in [-0.25, -0.2) is 0 Å². The fraction of sp³-hybridized carbons (Fsp3) is 0.538. The van der Waals surface area contributed by atoms with Crippen molar-refractivity contribution in [3.63, 3.8) is 0 Å². The Bertz CT molecular complexity index is 307. The van der Waals surface area contributed by atoms with Gasteiger partial charge in [0.2, 0.25) is 0 Å². The molecule has 2 N–H and O–H groups in total. The van der Waals surface area contributed by atoms with Crippen LogP contribution in [0.1, 0.15) is 37.8 Å². The van der Waals surface area contributed by atoms with Crippen molar-refractivity contribution in [3.8, 4) is 5.75 Å². The number of rotatable bonds is 5. The van der Waals surface area contributed by atoms with E-state index < -0.39 is 0 Å². The van der Waals surface area contributed by atoms with Gasteiger partial charge in [-0.15, -0.1) is 0 Å². The normalized spacial score (nSPS) is 10.7. The third-order valence-electron chi connectivity index (χ3n) is 2.46. The van der Waals surface area contributed by atoms with Gasteiger partial charge in [-0.3, -0.25) is 0 Å². The highest BCUT2D eigenvalue weighted by molar-refractivity contribution is 5.37. The molecule has 0 saturated carbocycles. The van der Waals surface area contributed by atoms with Crippen molar-refractivity contribution in [3.05, 3.63) is 29.3 Å². The monoisotopic (exact) mass is 207 g/mol. The number of nitrogens with two attached hydrogens (primary N) is 1. The zero-order valence-electron chi connectivity index (χ0n) is 9.92. The molecule has 0 saturated heterocycles. The highest BCUT2D eigenvalue weighted by Crippen LogP contribution is 2.25. The van der Waals surface area contributed by atoms with E-state index in [4.69, 9.17) is 10.5 Å². The van der Waals surface area contributed by atoms with E-state index in [1.165, 1.54) is 11.1 Å². The summed E-state index contributed by atoms with van der Waals surface area (Å²) in [7, 11) is 0. The van der Waals surface area contributed by atoms with E-state index in [0.717, 1.165) is 12.2 Å². The van der Waals surface area contributed by atoms with Gasteiger partial charge in [0.25, 0.3) is 0 Å². The van der Waals surface area contributed by atoms with Crippen molar-refractivity contribution in [2.45, 2.75) is 33.1 Å². The maximum absolute atomic E-state index is 5.60. The van der Waals surface area contributed by atoms with Gasteiger partial charge in [0.1, 0.15) is 5.75 Å². The van der Waals surface area contributed by atoms with Gasteiger partial charge in [0, 0.05) is 0 Å². The molecule has 0 unspecified atom stereocenters. The first-order valence-electron chi connectivity index (χ1n) is 5.64. The van der Waals surface area contributed by atoms with Crippen molar-refractivity contribution in [2.75, 3.05) is 13.2 Å². The number of hydrogen-bond donors (Lipinski definition) is 1. The Balaban J connectivity index is 2.97. The average Bonchev–Trinajstić information content (AvgIpc) is 2.21. The fourth-order valence-electron chi connectivity index (χ4n) is 1.75. The number of ether oxygens (including phenoxy) is 1. The molecule has 0 aliphatic rings. The van der Waals surface area contributed by atoms with Gasteiger partial charge >= 0.3 is 0 Å². The lowest BCUT2D eigenvalue weighted by Crippen LogP contribution is -2.06. The van der Waals surface area contributed by atoms with Crippen molar-refractivity contribution < 1.29 is 4.74 Å². The van der Waals surface area contributed by atoms with Crippen molar-refractivity contribution in [2.24, 2.45) is 5.73 Å². The molecule has 0 aliphatic heterocycles. The third-order valence-corrected chi connectivity index (χ3v) is 2.46. The maximum Gasteiger partial charge on any atom is 0.119 e. The minimum absolute atomic E-state index is 0.520. The van der Waals surface area contributed by atoms with Crippen LogP contribution in [0.5, 0.6) is 5.75 Å². The first-order valence-corrected chi connectivity index (χ1v) is 5.64. The summed E-state index contributed by atoms with van der Waals surface area (Å²) in [4.78, 5) is 0. The molecular weight excluding hydrogens is 186 g/mol. The number of hydrogen-bond acceptors (Lipinski definition) is 2. The first-order chi connectivity index (χ1) is 7.19. The Labute approximate surface area is 92.4 Å². The van der Waals surface area contributed by atoms with E-state index in [2.05, 4.69) is 26.0 Å². The molecule has 84 valence electrons. The quantitative estimate of drug-likeness (QED) is 0.805. The summed E-state index contributed by atoms with van der Waals surface area (Å²) in [6.45, 7) is 7.82. The molecule has 1 aromatic carbocycles. The lowest BCUT2D eigenvalue weighted by molar-refractivity contribution is 0.339. The van der Waals surface area contributed by atoms with E-state index in [9.17, 15) is 0 Å². The minimum atomic E-state index is 0.520. The predicted octanol–water partition coefficient (Wildman–Crippen LogP) is 2.71. The summed E-state index contributed by atoms with van der Waals surface area (Å²) in [6.07, 6.45) is 0.944. The molecule has 0 aromatic heterocycles. The van der Waals surface area contributed by atoms with Crippen LogP contribution in [0.15, 0.2) is 18.2 Å². The molecule has 0 fully saturated rings. The molecule has 2 heteroatoms. The summed E-state index contributed by atoms with van der Waals surface area (Å²) in [5.41, 5.74) is 8.29. The smallest absolute Gasteiger partial charge is 0.119 e. The predicted molar refractivity (Wildman–Crippen MR) is 64.5 cm³/mol. The average molecular weight is 207 g/mol. The molecule has 0 radical (unpaired) electrons. The van der Waals surface area contributed by atoms with Crippen LogP contribution in [-0.2, 0) is 6.42 Å². The molecule has 0 heterocycles. The molecule has 0 amide bonds. The van der Waals surface area contributed by atoms with Crippen molar-refractivity contribution in [1.29, 1.82) is 0 Å². The van der Waals surface area contributed by atoms with Crippen LogP contribution in [0, 0.1) is 0 Å². The van der Waals surface area contributed by atoms with Crippen LogP contribution in [0.2, 0.25) is 0 Å². The zero-order chi connectivity index (χ0) is 11.3. The maximum atomic E-state index is 5.60. The van der Waals surface area contributed by atoms with Crippen LogP contribution in [0.4, 0.5) is 0 Å². The van der Waals surface area contributed by atoms with Gasteiger partial charge in [-0.1, -0.05) is 19.9 Å². The Morgan fingerprint density at radius 1 is 1.33 bits per heavy atom. The van der Waals surface area contributed by atoms with E-state index in [0.29, 0.717) is 19.1 Å². The van der Waals surface area contributed by atoms with E-state index in [1.807, 2.05) is 13.0 Å². The summed E-state index contributed by atoms with van der Waals surface area (Å²) in [5, 5.41) is 0. The van der Waals surface area contributed by atoms with E-state index in [1.54, 1.807) is 0 Å². The molecule has 1 aromatic rings. The van der Waals surface area contributed by atoms with E-state index in [-0.39, 0.29) is 0 Å². The van der Waals surface area contributed by atoms with Crippen LogP contribution >= 0.6 is 0 Å². The van der Waals surface area contributed by atoms with Crippen molar-refractivity contribution in [1.82, 2.24) is 0 Å². The molecule has 2 nitrogen and oxygen atoms in total. The fourth-order valence-corrected chi connectivity index (χ4v) is 1.75. The Hall–Kier alpha value is -1.02. The van der Waals surface area contributed by atoms with Crippen LogP contribution in [0.3, 0.4) is 0 Å². The third kappa shape index (κ3) is 3.24. The van der Waals surface area contributed by atoms with Gasteiger partial charge in [-0.2, -0.15) is 0 Å². The molecule has 1 rings (SSSR count). The molecular formula is C13H21NO. The largest absolute Gasteiger partial charge is 0.494 e. The number of benzene rings is 1. The van der Waals surface area contributed by atoms with Crippen LogP contribution < -0.4 is 10.5 Å². The zero-order valence-corrected chi connectivity index (χ0v) is 9.92. The molecule has 0 bridgehead atoms. The second-order valence-electron chi connectivity index (χ2n) is 3.99. The Morgan fingerprint density at radius 2 is 2.07 bits per heavy atom. The Morgan fingerprint density at radius 3 is 2.60 bits per heavy atom. The highest BCUT2D eigenvalue weighted by atomic mass is 16.5. The lowest BCUT2D eigenvalue weighted by Gasteiger charge is -2.14. The molecule has 0 spiro atoms. The van der Waals surface area contributed by atoms with Gasteiger partial charge in [0.15, 0.2) is 0 Å². The van der Waals surface area contributed by atoms with Crippen molar-refractivity contribution >= 4 is 0 Å². The SMILES string of the molecule is CCOc1ccc(CCN)c(C(C)C)c1. The first kappa shape index (κ1) is 12.1. The van der Waals surface area contributed by atoms with Gasteiger partial charge in [0.05, 0.1) is 6.61 Å². The summed E-state index contributed by atoms with van der Waals surface area (Å²) in [6, 6.07) is 6.30. The second-order valence-corrected chi connectivity index (χ2v) is 3.99. The lowest BCUT2D eigenvalue weighted by atomic mass is 9.95. The van der Waals surface area contributed by atoms with Crippen LogP contribution in [-0.4, -0.2) is 13.2 Å². The topological polar surface area (TPSA) is 35.2 Å². The molecule has 0 atom stereocenters. The van der Waals surface area contributed by atoms with Gasteiger partial charge < -0.3 is 10.5 Å². The van der Waals surface area contributed by atoms with Crippen LogP contribution in [0.25, 0.3) is 0 Å². The summed E-state index contributed by atoms with van der Waals surface area (Å²) < 4.78 is 5.50. The standard InChI is InChI=1S/C13H21NO/c1-4-15-12-6-5-11(7-8-14)13(9-12)10(2)3/h5-6,9-10H,4,7-8,14H2,1-3H3. The summed E-state index contributed by atoms with van der Waals surface area (Å²) >= 11 is 0. The Kier molecular flexibility index (Phi) is 4.63. The van der Waals surface area contributed by atoms with E-state index >= 15 is 0 Å². The molecule has 0 aliphatic carbocycles. The molecule has 15 heavy (non-hydrogen) atoms. The second kappa shape index (κ2) is 5.76. The summed E-state index contributed by atoms with van der Waals surface area (Å²) in [5.74, 6) is 1.48. The minimum Gasteiger partial charge on any atom is -0.494 e.